The van der Waals surface area contributed by atoms with E-state index < -0.39 is 0 Å². The first-order chi connectivity index (χ1) is 9.22. The molecule has 0 aliphatic heterocycles. The van der Waals surface area contributed by atoms with Gasteiger partial charge in [0.15, 0.2) is 0 Å². The van der Waals surface area contributed by atoms with Crippen molar-refractivity contribution < 1.29 is 9.47 Å². The maximum Gasteiger partial charge on any atom is 0.119 e. The lowest BCUT2D eigenvalue weighted by Gasteiger charge is -2.09. The number of aryl methyl sites for hydroxylation is 2. The molecule has 1 aromatic carbocycles. The van der Waals surface area contributed by atoms with Gasteiger partial charge >= 0.3 is 0 Å². The van der Waals surface area contributed by atoms with E-state index in [4.69, 9.17) is 9.47 Å². The minimum absolute atomic E-state index is 0.717. The molecule has 0 fully saturated rings. The third-order valence-electron chi connectivity index (χ3n) is 2.84. The van der Waals surface area contributed by atoms with E-state index in [9.17, 15) is 0 Å². The Hall–Kier alpha value is -1.06. The van der Waals surface area contributed by atoms with Gasteiger partial charge in [-0.05, 0) is 63.4 Å². The smallest absolute Gasteiger partial charge is 0.119 e. The van der Waals surface area contributed by atoms with E-state index in [2.05, 4.69) is 37.4 Å². The lowest BCUT2D eigenvalue weighted by atomic mass is 10.1. The van der Waals surface area contributed by atoms with Gasteiger partial charge in [0.1, 0.15) is 12.4 Å². The molecule has 3 nitrogen and oxygen atoms in total. The molecule has 0 radical (unpaired) electrons. The van der Waals surface area contributed by atoms with Crippen LogP contribution >= 0.6 is 0 Å². The quantitative estimate of drug-likeness (QED) is 0.659. The molecule has 1 aromatic rings. The second-order valence-corrected chi connectivity index (χ2v) is 4.83. The highest BCUT2D eigenvalue weighted by Crippen LogP contribution is 2.15. The maximum absolute atomic E-state index is 5.73. The highest BCUT2D eigenvalue weighted by atomic mass is 16.5. The number of unbranched alkanes of at least 4 members (excludes halogenated alkanes) is 1. The zero-order valence-corrected chi connectivity index (χ0v) is 12.5. The summed E-state index contributed by atoms with van der Waals surface area (Å²) in [7, 11) is 0. The minimum atomic E-state index is 0.717. The van der Waals surface area contributed by atoms with E-state index in [1.165, 1.54) is 11.1 Å². The average molecular weight is 265 g/mol. The van der Waals surface area contributed by atoms with Gasteiger partial charge in [-0.2, -0.15) is 0 Å². The van der Waals surface area contributed by atoms with Crippen molar-refractivity contribution in [2.24, 2.45) is 0 Å². The van der Waals surface area contributed by atoms with Crippen LogP contribution in [0.4, 0.5) is 0 Å². The highest BCUT2D eigenvalue weighted by molar-refractivity contribution is 5.32. The fraction of sp³-hybridized carbons (Fsp3) is 0.625. The molecule has 108 valence electrons. The molecular weight excluding hydrogens is 238 g/mol. The summed E-state index contributed by atoms with van der Waals surface area (Å²) in [6.07, 6.45) is 2.28. The van der Waals surface area contributed by atoms with E-state index >= 15 is 0 Å². The summed E-state index contributed by atoms with van der Waals surface area (Å²) in [5.74, 6) is 0.968. The van der Waals surface area contributed by atoms with Gasteiger partial charge in [-0.15, -0.1) is 0 Å². The molecule has 0 spiro atoms. The van der Waals surface area contributed by atoms with Gasteiger partial charge < -0.3 is 14.8 Å². The number of nitrogens with one attached hydrogen (secondary N) is 1. The molecular formula is C16H27NO2. The Kier molecular flexibility index (Phi) is 8.26. The predicted molar refractivity (Wildman–Crippen MR) is 80.0 cm³/mol. The van der Waals surface area contributed by atoms with Crippen LogP contribution in [-0.4, -0.2) is 32.9 Å². The Morgan fingerprint density at radius 1 is 0.947 bits per heavy atom. The fourth-order valence-electron chi connectivity index (χ4n) is 1.98. The molecule has 1 N–H and O–H groups in total. The topological polar surface area (TPSA) is 30.5 Å². The molecule has 0 saturated heterocycles. The van der Waals surface area contributed by atoms with Crippen molar-refractivity contribution in [3.63, 3.8) is 0 Å². The van der Waals surface area contributed by atoms with Crippen LogP contribution < -0.4 is 10.1 Å². The van der Waals surface area contributed by atoms with Crippen LogP contribution in [0.2, 0.25) is 0 Å². The Bertz CT molecular complexity index is 332. The zero-order valence-electron chi connectivity index (χ0n) is 12.5. The molecule has 0 amide bonds. The Morgan fingerprint density at radius 3 is 2.37 bits per heavy atom. The minimum Gasteiger partial charge on any atom is -0.492 e. The van der Waals surface area contributed by atoms with E-state index in [0.717, 1.165) is 44.9 Å². The molecule has 0 atom stereocenters. The lowest BCUT2D eigenvalue weighted by Crippen LogP contribution is -2.22. The normalized spacial score (nSPS) is 10.7. The number of benzene rings is 1. The number of hydrogen-bond acceptors (Lipinski definition) is 3. The van der Waals surface area contributed by atoms with E-state index in [1.807, 2.05) is 6.92 Å². The van der Waals surface area contributed by atoms with Gasteiger partial charge in [-0.25, -0.2) is 0 Å². The molecule has 0 aliphatic carbocycles. The molecule has 19 heavy (non-hydrogen) atoms. The molecule has 0 unspecified atom stereocenters. The molecule has 0 aromatic heterocycles. The van der Waals surface area contributed by atoms with Crippen LogP contribution in [0.1, 0.15) is 30.9 Å². The zero-order chi connectivity index (χ0) is 13.9. The summed E-state index contributed by atoms with van der Waals surface area (Å²) in [4.78, 5) is 0. The highest BCUT2D eigenvalue weighted by Gasteiger charge is 1.96. The van der Waals surface area contributed by atoms with Crippen molar-refractivity contribution in [1.82, 2.24) is 5.32 Å². The van der Waals surface area contributed by atoms with Crippen LogP contribution in [0.5, 0.6) is 5.75 Å². The second-order valence-electron chi connectivity index (χ2n) is 4.83. The van der Waals surface area contributed by atoms with Crippen LogP contribution in [0.25, 0.3) is 0 Å². The van der Waals surface area contributed by atoms with Crippen LogP contribution in [0, 0.1) is 13.8 Å². The summed E-state index contributed by atoms with van der Waals surface area (Å²) >= 11 is 0. The molecule has 0 heterocycles. The third-order valence-corrected chi connectivity index (χ3v) is 2.84. The molecule has 3 heteroatoms. The summed E-state index contributed by atoms with van der Waals surface area (Å²) < 4.78 is 11.0. The van der Waals surface area contributed by atoms with Gasteiger partial charge in [0.05, 0.1) is 0 Å². The summed E-state index contributed by atoms with van der Waals surface area (Å²) in [5.41, 5.74) is 2.50. The van der Waals surface area contributed by atoms with Gasteiger partial charge in [0, 0.05) is 19.8 Å². The van der Waals surface area contributed by atoms with E-state index in [0.29, 0.717) is 6.61 Å². The first-order valence-corrected chi connectivity index (χ1v) is 7.22. The number of ether oxygens (including phenoxy) is 2. The first kappa shape index (κ1) is 16.0. The Balaban J connectivity index is 2.01. The fourth-order valence-corrected chi connectivity index (χ4v) is 1.98. The molecule has 0 saturated carbocycles. The van der Waals surface area contributed by atoms with Crippen molar-refractivity contribution in [2.45, 2.75) is 33.6 Å². The Labute approximate surface area is 117 Å². The largest absolute Gasteiger partial charge is 0.492 e. The van der Waals surface area contributed by atoms with E-state index in [-0.39, 0.29) is 0 Å². The van der Waals surface area contributed by atoms with Gasteiger partial charge in [0.25, 0.3) is 0 Å². The van der Waals surface area contributed by atoms with Crippen molar-refractivity contribution in [3.05, 3.63) is 29.3 Å². The standard InChI is InChI=1S/C16H27NO2/c1-4-18-9-6-5-7-17-8-10-19-16-12-14(2)11-15(3)13-16/h11-13,17H,4-10H2,1-3H3. The second kappa shape index (κ2) is 9.82. The summed E-state index contributed by atoms with van der Waals surface area (Å²) in [5, 5.41) is 3.38. The maximum atomic E-state index is 5.73. The Morgan fingerprint density at radius 2 is 1.68 bits per heavy atom. The monoisotopic (exact) mass is 265 g/mol. The number of hydrogen-bond donors (Lipinski definition) is 1. The van der Waals surface area contributed by atoms with Crippen LogP contribution in [0.15, 0.2) is 18.2 Å². The summed E-state index contributed by atoms with van der Waals surface area (Å²) in [6.45, 7) is 10.5. The van der Waals surface area contributed by atoms with E-state index in [1.54, 1.807) is 0 Å². The molecule has 0 aliphatic rings. The van der Waals surface area contributed by atoms with Gasteiger partial charge in [0.2, 0.25) is 0 Å². The van der Waals surface area contributed by atoms with Crippen LogP contribution in [-0.2, 0) is 4.74 Å². The average Bonchev–Trinajstić information content (AvgIpc) is 2.36. The van der Waals surface area contributed by atoms with Gasteiger partial charge in [-0.1, -0.05) is 6.07 Å². The third kappa shape index (κ3) is 7.85. The lowest BCUT2D eigenvalue weighted by molar-refractivity contribution is 0.143. The molecule has 1 rings (SSSR count). The first-order valence-electron chi connectivity index (χ1n) is 7.22. The van der Waals surface area contributed by atoms with Crippen molar-refractivity contribution in [3.8, 4) is 5.75 Å². The van der Waals surface area contributed by atoms with Crippen LogP contribution in [0.3, 0.4) is 0 Å². The van der Waals surface area contributed by atoms with Crippen molar-refractivity contribution >= 4 is 0 Å². The molecule has 0 bridgehead atoms. The SMILES string of the molecule is CCOCCCCNCCOc1cc(C)cc(C)c1. The number of rotatable bonds is 10. The summed E-state index contributed by atoms with van der Waals surface area (Å²) in [6, 6.07) is 6.31. The van der Waals surface area contributed by atoms with Crippen molar-refractivity contribution in [1.29, 1.82) is 0 Å². The van der Waals surface area contributed by atoms with Gasteiger partial charge in [-0.3, -0.25) is 0 Å². The van der Waals surface area contributed by atoms with Crippen molar-refractivity contribution in [2.75, 3.05) is 32.9 Å². The predicted octanol–water partition coefficient (Wildman–Crippen LogP) is 3.09.